The lowest BCUT2D eigenvalue weighted by atomic mass is 10.2. The van der Waals surface area contributed by atoms with Gasteiger partial charge in [-0.1, -0.05) is 35.2 Å². The molecule has 1 N–H and O–H groups in total. The van der Waals surface area contributed by atoms with E-state index in [4.69, 9.17) is 4.74 Å². The topological polar surface area (TPSA) is 67.4 Å². The molecule has 0 bridgehead atoms. The van der Waals surface area contributed by atoms with Crippen LogP contribution in [0.2, 0.25) is 0 Å². The summed E-state index contributed by atoms with van der Waals surface area (Å²) in [6.45, 7) is 5.97. The van der Waals surface area contributed by atoms with E-state index in [0.29, 0.717) is 25.4 Å². The van der Waals surface area contributed by atoms with Crippen LogP contribution < -0.4 is 5.32 Å². The van der Waals surface area contributed by atoms with E-state index in [2.05, 4.69) is 21.6 Å². The molecular weight excluding hydrogens is 344 g/mol. The molecule has 1 atom stereocenters. The van der Waals surface area contributed by atoms with Crippen molar-refractivity contribution in [1.29, 1.82) is 0 Å². The number of nitrogens with one attached hydrogen (secondary N) is 1. The highest BCUT2D eigenvalue weighted by Crippen LogP contribution is 2.28. The van der Waals surface area contributed by atoms with Gasteiger partial charge in [0.25, 0.3) is 0 Å². The van der Waals surface area contributed by atoms with Crippen LogP contribution in [-0.4, -0.2) is 52.6 Å². The molecule has 1 aliphatic heterocycles. The molecule has 1 aromatic heterocycles. The average molecular weight is 364 g/mol. The summed E-state index contributed by atoms with van der Waals surface area (Å²) in [5, 5.41) is 12.2. The predicted molar refractivity (Wildman–Crippen MR) is 97.1 cm³/mol. The van der Waals surface area contributed by atoms with Gasteiger partial charge in [-0.2, -0.15) is 0 Å². The van der Waals surface area contributed by atoms with Gasteiger partial charge in [-0.3, -0.25) is 4.79 Å². The number of carbonyl (C=O) groups is 1. The van der Waals surface area contributed by atoms with Crippen LogP contribution in [0.15, 0.2) is 28.6 Å². The van der Waals surface area contributed by atoms with Gasteiger partial charge in [-0.25, -0.2) is 0 Å². The van der Waals surface area contributed by atoms with Crippen LogP contribution in [0.1, 0.15) is 12.5 Å². The minimum absolute atomic E-state index is 0.111. The first kappa shape index (κ1) is 17.2. The summed E-state index contributed by atoms with van der Waals surface area (Å²) in [5.41, 5.74) is 2.17. The Morgan fingerprint density at radius 1 is 1.50 bits per heavy atom. The molecule has 3 rings (SSSR count). The van der Waals surface area contributed by atoms with E-state index < -0.39 is 0 Å². The lowest BCUT2D eigenvalue weighted by Crippen LogP contribution is -2.45. The number of carbonyl (C=O) groups excluding carboxylic acids is 1. The first-order chi connectivity index (χ1) is 11.6. The van der Waals surface area contributed by atoms with Crippen molar-refractivity contribution in [1.82, 2.24) is 15.1 Å². The highest BCUT2D eigenvalue weighted by molar-refractivity contribution is 8.01. The van der Waals surface area contributed by atoms with Crippen molar-refractivity contribution in [3.63, 3.8) is 0 Å². The van der Waals surface area contributed by atoms with Crippen LogP contribution in [0.4, 0.5) is 10.8 Å². The molecule has 1 amide bonds. The molecule has 6 nitrogen and oxygen atoms in total. The number of ether oxygens (including phenoxy) is 1. The van der Waals surface area contributed by atoms with Crippen LogP contribution in [0, 0.1) is 6.92 Å². The molecule has 0 spiro atoms. The molecule has 0 radical (unpaired) electrons. The molecule has 2 heterocycles. The smallest absolute Gasteiger partial charge is 0.233 e. The number of aryl methyl sites for hydroxylation is 1. The van der Waals surface area contributed by atoms with Gasteiger partial charge >= 0.3 is 0 Å². The van der Waals surface area contributed by atoms with Crippen LogP contribution in [0.25, 0.3) is 0 Å². The van der Waals surface area contributed by atoms with Gasteiger partial charge in [0.05, 0.1) is 18.5 Å². The molecule has 8 heteroatoms. The third kappa shape index (κ3) is 4.68. The van der Waals surface area contributed by atoms with E-state index in [9.17, 15) is 4.79 Å². The van der Waals surface area contributed by atoms with Crippen molar-refractivity contribution < 1.29 is 9.53 Å². The summed E-state index contributed by atoms with van der Waals surface area (Å²) in [4.78, 5) is 14.1. The Kier molecular flexibility index (Phi) is 5.70. The highest BCUT2D eigenvalue weighted by atomic mass is 32.2. The van der Waals surface area contributed by atoms with Gasteiger partial charge in [0.15, 0.2) is 4.34 Å². The lowest BCUT2D eigenvalue weighted by molar-refractivity contribution is -0.135. The minimum Gasteiger partial charge on any atom is -0.375 e. The summed E-state index contributed by atoms with van der Waals surface area (Å²) >= 11 is 2.89. The normalized spacial score (nSPS) is 17.8. The third-order valence-corrected chi connectivity index (χ3v) is 5.55. The number of anilines is 2. The van der Waals surface area contributed by atoms with Gasteiger partial charge in [0.2, 0.25) is 11.0 Å². The summed E-state index contributed by atoms with van der Waals surface area (Å²) in [5.74, 6) is 0.504. The number of benzene rings is 1. The van der Waals surface area contributed by atoms with E-state index in [-0.39, 0.29) is 12.0 Å². The Hall–Kier alpha value is -1.64. The second-order valence-corrected chi connectivity index (χ2v) is 7.88. The Morgan fingerprint density at radius 3 is 3.17 bits per heavy atom. The highest BCUT2D eigenvalue weighted by Gasteiger charge is 2.21. The second-order valence-electron chi connectivity index (χ2n) is 5.68. The average Bonchev–Trinajstić information content (AvgIpc) is 3.00. The first-order valence-electron chi connectivity index (χ1n) is 7.79. The summed E-state index contributed by atoms with van der Waals surface area (Å²) < 4.78 is 6.25. The SMILES string of the molecule is Cc1cccc(Nc2nnc(SCC(=O)N3CCO[C@H](C)C3)s2)c1. The number of hydrogen-bond acceptors (Lipinski definition) is 7. The van der Waals surface area contributed by atoms with Crippen LogP contribution >= 0.6 is 23.1 Å². The molecule has 2 aromatic rings. The molecule has 0 unspecified atom stereocenters. The number of hydrogen-bond donors (Lipinski definition) is 1. The second kappa shape index (κ2) is 7.96. The number of amides is 1. The van der Waals surface area contributed by atoms with Gasteiger partial charge in [-0.15, -0.1) is 10.2 Å². The number of morpholine rings is 1. The molecule has 1 saturated heterocycles. The third-order valence-electron chi connectivity index (χ3n) is 3.59. The molecule has 0 aliphatic carbocycles. The van der Waals surface area contributed by atoms with Crippen molar-refractivity contribution in [2.45, 2.75) is 24.3 Å². The van der Waals surface area contributed by atoms with Crippen LogP contribution in [0.5, 0.6) is 0 Å². The largest absolute Gasteiger partial charge is 0.375 e. The fourth-order valence-electron chi connectivity index (χ4n) is 2.42. The molecule has 1 aliphatic rings. The Morgan fingerprint density at radius 2 is 2.38 bits per heavy atom. The van der Waals surface area contributed by atoms with E-state index in [1.54, 1.807) is 0 Å². The molecule has 1 aromatic carbocycles. The maximum atomic E-state index is 12.2. The van der Waals surface area contributed by atoms with Crippen molar-refractivity contribution in [3.8, 4) is 0 Å². The molecule has 24 heavy (non-hydrogen) atoms. The predicted octanol–water partition coefficient (Wildman–Crippen LogP) is 2.93. The first-order valence-corrected chi connectivity index (χ1v) is 9.60. The molecule has 0 saturated carbocycles. The van der Waals surface area contributed by atoms with Crippen LogP contribution in [-0.2, 0) is 9.53 Å². The summed E-state index contributed by atoms with van der Waals surface area (Å²) in [6.07, 6.45) is 0.111. The number of rotatable bonds is 5. The monoisotopic (exact) mass is 364 g/mol. The van der Waals surface area contributed by atoms with Crippen molar-refractivity contribution in [2.75, 3.05) is 30.8 Å². The van der Waals surface area contributed by atoms with Crippen molar-refractivity contribution in [3.05, 3.63) is 29.8 Å². The lowest BCUT2D eigenvalue weighted by Gasteiger charge is -2.31. The van der Waals surface area contributed by atoms with Crippen molar-refractivity contribution >= 4 is 39.8 Å². The van der Waals surface area contributed by atoms with E-state index in [0.717, 1.165) is 15.2 Å². The Balaban J connectivity index is 1.51. The van der Waals surface area contributed by atoms with Crippen LogP contribution in [0.3, 0.4) is 0 Å². The number of aromatic nitrogens is 2. The Bertz CT molecular complexity index is 707. The minimum atomic E-state index is 0.111. The standard InChI is InChI=1S/C16H20N4O2S2/c1-11-4-3-5-13(8-11)17-15-18-19-16(24-15)23-10-14(21)20-6-7-22-12(2)9-20/h3-5,8,12H,6-7,9-10H2,1-2H3,(H,17,18)/t12-/m1/s1. The van der Waals surface area contributed by atoms with Gasteiger partial charge < -0.3 is 15.0 Å². The maximum absolute atomic E-state index is 12.2. The molecule has 128 valence electrons. The molecular formula is C16H20N4O2S2. The summed E-state index contributed by atoms with van der Waals surface area (Å²) in [6, 6.07) is 8.09. The zero-order valence-electron chi connectivity index (χ0n) is 13.7. The zero-order chi connectivity index (χ0) is 16.9. The Labute approximate surface area is 149 Å². The zero-order valence-corrected chi connectivity index (χ0v) is 15.3. The fraction of sp³-hybridized carbons (Fsp3) is 0.438. The number of nitrogens with zero attached hydrogens (tertiary/aromatic N) is 3. The number of thioether (sulfide) groups is 1. The fourth-order valence-corrected chi connectivity index (χ4v) is 4.10. The summed E-state index contributed by atoms with van der Waals surface area (Å²) in [7, 11) is 0. The van der Waals surface area contributed by atoms with E-state index in [1.165, 1.54) is 28.7 Å². The van der Waals surface area contributed by atoms with Gasteiger partial charge in [-0.05, 0) is 31.5 Å². The van der Waals surface area contributed by atoms with E-state index in [1.807, 2.05) is 36.9 Å². The molecule has 1 fully saturated rings. The quantitative estimate of drug-likeness (QED) is 0.823. The van der Waals surface area contributed by atoms with Gasteiger partial charge in [0, 0.05) is 18.8 Å². The van der Waals surface area contributed by atoms with Crippen molar-refractivity contribution in [2.24, 2.45) is 0 Å². The van der Waals surface area contributed by atoms with E-state index >= 15 is 0 Å². The maximum Gasteiger partial charge on any atom is 0.233 e. The van der Waals surface area contributed by atoms with Gasteiger partial charge in [0.1, 0.15) is 0 Å².